The fourth-order valence-electron chi connectivity index (χ4n) is 2.46. The third-order valence-electron chi connectivity index (χ3n) is 3.74. The molecule has 0 fully saturated rings. The normalized spacial score (nSPS) is 10.4. The van der Waals surface area contributed by atoms with E-state index in [-0.39, 0.29) is 0 Å². The van der Waals surface area contributed by atoms with Crippen molar-refractivity contribution < 1.29 is 9.47 Å². The molecule has 0 aliphatic carbocycles. The predicted molar refractivity (Wildman–Crippen MR) is 107 cm³/mol. The van der Waals surface area contributed by atoms with Gasteiger partial charge in [0.2, 0.25) is 5.95 Å². The van der Waals surface area contributed by atoms with E-state index in [1.54, 1.807) is 13.2 Å². The summed E-state index contributed by atoms with van der Waals surface area (Å²) in [7, 11) is 1.59. The van der Waals surface area contributed by atoms with Gasteiger partial charge in [0.05, 0.1) is 31.3 Å². The molecule has 27 heavy (non-hydrogen) atoms. The molecule has 0 amide bonds. The number of hydrogen-bond donors (Lipinski definition) is 2. The van der Waals surface area contributed by atoms with Crippen molar-refractivity contribution in [2.45, 2.75) is 13.8 Å². The highest BCUT2D eigenvalue weighted by molar-refractivity contribution is 6.31. The van der Waals surface area contributed by atoms with Crippen LogP contribution < -0.4 is 20.1 Å². The summed E-state index contributed by atoms with van der Waals surface area (Å²) in [5.41, 5.74) is 2.42. The van der Waals surface area contributed by atoms with Crippen molar-refractivity contribution in [3.05, 3.63) is 53.2 Å². The molecule has 8 heteroatoms. The molecular formula is C19H20ClN5O2. The molecule has 0 spiro atoms. The summed E-state index contributed by atoms with van der Waals surface area (Å²) >= 11 is 6.16. The zero-order valence-electron chi connectivity index (χ0n) is 15.3. The second kappa shape index (κ2) is 8.55. The van der Waals surface area contributed by atoms with Crippen LogP contribution in [0.15, 0.2) is 42.6 Å². The standard InChI is InChI=1S/C19H20ClN5O2/c1-4-27-16-8-6-5-7-14(16)23-19-24-18(11-21-25-19)22-15-9-12(2)13(20)10-17(15)26-3/h5-11H,4H2,1-3H3,(H2,22,23,24,25). The number of halogens is 1. The van der Waals surface area contributed by atoms with E-state index in [1.165, 1.54) is 6.20 Å². The number of rotatable bonds is 7. The second-order valence-corrected chi connectivity index (χ2v) is 6.05. The molecule has 0 radical (unpaired) electrons. The highest BCUT2D eigenvalue weighted by atomic mass is 35.5. The van der Waals surface area contributed by atoms with Crippen LogP contribution >= 0.6 is 11.6 Å². The van der Waals surface area contributed by atoms with Crippen molar-refractivity contribution in [2.75, 3.05) is 24.4 Å². The number of nitrogens with one attached hydrogen (secondary N) is 2. The Bertz CT molecular complexity index is 936. The van der Waals surface area contributed by atoms with Gasteiger partial charge < -0.3 is 20.1 Å². The molecule has 2 N–H and O–H groups in total. The minimum atomic E-state index is 0.344. The largest absolute Gasteiger partial charge is 0.495 e. The van der Waals surface area contributed by atoms with E-state index in [2.05, 4.69) is 25.8 Å². The molecule has 3 rings (SSSR count). The second-order valence-electron chi connectivity index (χ2n) is 5.65. The molecule has 0 aliphatic rings. The molecular weight excluding hydrogens is 366 g/mol. The summed E-state index contributed by atoms with van der Waals surface area (Å²) in [6, 6.07) is 11.2. The Morgan fingerprint density at radius 2 is 1.89 bits per heavy atom. The van der Waals surface area contributed by atoms with Crippen LogP contribution in [-0.2, 0) is 0 Å². The third-order valence-corrected chi connectivity index (χ3v) is 4.14. The average Bonchev–Trinajstić information content (AvgIpc) is 2.66. The van der Waals surface area contributed by atoms with E-state index < -0.39 is 0 Å². The number of nitrogens with zero attached hydrogens (tertiary/aromatic N) is 3. The first-order valence-electron chi connectivity index (χ1n) is 8.40. The van der Waals surface area contributed by atoms with Crippen LogP contribution in [0.4, 0.5) is 23.1 Å². The van der Waals surface area contributed by atoms with Gasteiger partial charge in [-0.3, -0.25) is 0 Å². The van der Waals surface area contributed by atoms with Crippen LogP contribution in [0.2, 0.25) is 5.02 Å². The van der Waals surface area contributed by atoms with Gasteiger partial charge in [0.15, 0.2) is 5.82 Å². The average molecular weight is 386 g/mol. The Kier molecular flexibility index (Phi) is 5.93. The number of methoxy groups -OCH3 is 1. The molecule has 140 valence electrons. The van der Waals surface area contributed by atoms with Crippen molar-refractivity contribution in [1.29, 1.82) is 0 Å². The molecule has 0 saturated carbocycles. The van der Waals surface area contributed by atoms with Gasteiger partial charge in [-0.05, 0) is 37.6 Å². The van der Waals surface area contributed by atoms with E-state index in [9.17, 15) is 0 Å². The molecule has 0 atom stereocenters. The molecule has 2 aromatic carbocycles. The number of benzene rings is 2. The lowest BCUT2D eigenvalue weighted by Gasteiger charge is -2.13. The van der Waals surface area contributed by atoms with Gasteiger partial charge in [0, 0.05) is 11.1 Å². The fourth-order valence-corrected chi connectivity index (χ4v) is 2.61. The van der Waals surface area contributed by atoms with Gasteiger partial charge in [0.1, 0.15) is 11.5 Å². The van der Waals surface area contributed by atoms with E-state index in [1.807, 2.05) is 44.2 Å². The predicted octanol–water partition coefficient (Wildman–Crippen LogP) is 4.73. The van der Waals surface area contributed by atoms with Crippen LogP contribution in [0.25, 0.3) is 0 Å². The summed E-state index contributed by atoms with van der Waals surface area (Å²) < 4.78 is 11.0. The zero-order chi connectivity index (χ0) is 19.2. The van der Waals surface area contributed by atoms with Gasteiger partial charge in [-0.1, -0.05) is 23.7 Å². The quantitative estimate of drug-likeness (QED) is 0.608. The lowest BCUT2D eigenvalue weighted by Crippen LogP contribution is -2.04. The van der Waals surface area contributed by atoms with Crippen LogP contribution in [0.1, 0.15) is 12.5 Å². The van der Waals surface area contributed by atoms with E-state index >= 15 is 0 Å². The van der Waals surface area contributed by atoms with Crippen molar-refractivity contribution >= 4 is 34.7 Å². The molecule has 3 aromatic rings. The molecule has 7 nitrogen and oxygen atoms in total. The summed E-state index contributed by atoms with van der Waals surface area (Å²) in [4.78, 5) is 4.45. The van der Waals surface area contributed by atoms with E-state index in [0.717, 1.165) is 22.7 Å². The van der Waals surface area contributed by atoms with Crippen LogP contribution in [-0.4, -0.2) is 28.9 Å². The molecule has 0 unspecified atom stereocenters. The van der Waals surface area contributed by atoms with Crippen molar-refractivity contribution in [2.24, 2.45) is 0 Å². The number of ether oxygens (including phenoxy) is 2. The summed E-state index contributed by atoms with van der Waals surface area (Å²) in [6.07, 6.45) is 1.53. The Morgan fingerprint density at radius 3 is 2.67 bits per heavy atom. The topological polar surface area (TPSA) is 81.2 Å². The maximum Gasteiger partial charge on any atom is 0.249 e. The Balaban J connectivity index is 1.84. The number of para-hydroxylation sites is 2. The Labute approximate surface area is 162 Å². The number of aryl methyl sites for hydroxylation is 1. The maximum atomic E-state index is 6.16. The lowest BCUT2D eigenvalue weighted by molar-refractivity contribution is 0.342. The molecule has 0 bridgehead atoms. The molecule has 1 heterocycles. The number of hydrogen-bond acceptors (Lipinski definition) is 7. The SMILES string of the molecule is CCOc1ccccc1Nc1nncc(Nc2cc(C)c(Cl)cc2OC)n1. The number of aromatic nitrogens is 3. The maximum absolute atomic E-state index is 6.16. The van der Waals surface area contributed by atoms with Gasteiger partial charge in [-0.15, -0.1) is 5.10 Å². The highest BCUT2D eigenvalue weighted by Crippen LogP contribution is 2.33. The summed E-state index contributed by atoms with van der Waals surface area (Å²) in [6.45, 7) is 4.42. The van der Waals surface area contributed by atoms with Crippen molar-refractivity contribution in [3.8, 4) is 11.5 Å². The third kappa shape index (κ3) is 4.57. The first-order valence-corrected chi connectivity index (χ1v) is 8.78. The van der Waals surface area contributed by atoms with Crippen LogP contribution in [0, 0.1) is 6.92 Å². The Morgan fingerprint density at radius 1 is 1.07 bits per heavy atom. The summed E-state index contributed by atoms with van der Waals surface area (Å²) in [5, 5.41) is 15.0. The number of anilines is 4. The minimum absolute atomic E-state index is 0.344. The van der Waals surface area contributed by atoms with E-state index in [0.29, 0.717) is 29.1 Å². The molecule has 0 aliphatic heterocycles. The van der Waals surface area contributed by atoms with Gasteiger partial charge >= 0.3 is 0 Å². The highest BCUT2D eigenvalue weighted by Gasteiger charge is 2.10. The van der Waals surface area contributed by atoms with Gasteiger partial charge in [-0.25, -0.2) is 0 Å². The van der Waals surface area contributed by atoms with Gasteiger partial charge in [-0.2, -0.15) is 10.1 Å². The minimum Gasteiger partial charge on any atom is -0.495 e. The van der Waals surface area contributed by atoms with Crippen LogP contribution in [0.5, 0.6) is 11.5 Å². The smallest absolute Gasteiger partial charge is 0.249 e. The van der Waals surface area contributed by atoms with Crippen LogP contribution in [0.3, 0.4) is 0 Å². The first-order chi connectivity index (χ1) is 13.1. The van der Waals surface area contributed by atoms with Crippen molar-refractivity contribution in [1.82, 2.24) is 15.2 Å². The van der Waals surface area contributed by atoms with E-state index in [4.69, 9.17) is 21.1 Å². The Hall–Kier alpha value is -3.06. The van der Waals surface area contributed by atoms with Gasteiger partial charge in [0.25, 0.3) is 0 Å². The summed E-state index contributed by atoms with van der Waals surface area (Å²) in [5.74, 6) is 2.19. The first kappa shape index (κ1) is 18.7. The fraction of sp³-hybridized carbons (Fsp3) is 0.211. The van der Waals surface area contributed by atoms with Crippen molar-refractivity contribution in [3.63, 3.8) is 0 Å². The zero-order valence-corrected chi connectivity index (χ0v) is 16.0. The monoisotopic (exact) mass is 385 g/mol. The molecule has 0 saturated heterocycles. The molecule has 1 aromatic heterocycles. The lowest BCUT2D eigenvalue weighted by atomic mass is 10.2.